The zero-order chi connectivity index (χ0) is 20.0. The van der Waals surface area contributed by atoms with E-state index in [1.54, 1.807) is 4.90 Å². The first-order valence-electron chi connectivity index (χ1n) is 10.8. The van der Waals surface area contributed by atoms with Gasteiger partial charge in [0.1, 0.15) is 6.04 Å². The van der Waals surface area contributed by atoms with E-state index in [-0.39, 0.29) is 29.7 Å². The first-order chi connectivity index (χ1) is 14.1. The number of amides is 3. The molecule has 0 bridgehead atoms. The Labute approximate surface area is 170 Å². The molecule has 3 amide bonds. The topological polar surface area (TPSA) is 81.8 Å². The van der Waals surface area contributed by atoms with Crippen LogP contribution < -0.4 is 10.6 Å². The van der Waals surface area contributed by atoms with Gasteiger partial charge in [0.15, 0.2) is 0 Å². The molecule has 1 spiro atoms. The quantitative estimate of drug-likeness (QED) is 0.750. The largest absolute Gasteiger partial charge is 0.322 e. The molecular formula is C22H28N4O3. The third kappa shape index (κ3) is 3.26. The molecule has 2 N–H and O–H groups in total. The van der Waals surface area contributed by atoms with Crippen molar-refractivity contribution in [2.45, 2.75) is 63.2 Å². The lowest BCUT2D eigenvalue weighted by Gasteiger charge is -2.42. The third-order valence-electron chi connectivity index (χ3n) is 7.15. The van der Waals surface area contributed by atoms with Crippen molar-refractivity contribution >= 4 is 17.7 Å². The van der Waals surface area contributed by atoms with Crippen LogP contribution >= 0.6 is 0 Å². The molecule has 1 aromatic rings. The molecule has 1 aromatic carbocycles. The van der Waals surface area contributed by atoms with Gasteiger partial charge in [-0.3, -0.25) is 24.6 Å². The molecule has 3 saturated heterocycles. The van der Waals surface area contributed by atoms with Gasteiger partial charge in [-0.2, -0.15) is 0 Å². The highest BCUT2D eigenvalue weighted by atomic mass is 16.2. The van der Waals surface area contributed by atoms with E-state index < -0.39 is 6.04 Å². The van der Waals surface area contributed by atoms with E-state index >= 15 is 0 Å². The SMILES string of the molecule is O=C1CCC(N2Cc3cc(CN4CCCC45CCCNC5)ccc3C2=O)C(=O)N1. The first kappa shape index (κ1) is 18.8. The molecule has 2 unspecified atom stereocenters. The lowest BCUT2D eigenvalue weighted by molar-refractivity contribution is -0.136. The molecule has 3 fully saturated rings. The number of benzene rings is 1. The number of rotatable bonds is 3. The highest BCUT2D eigenvalue weighted by Gasteiger charge is 2.42. The fourth-order valence-electron chi connectivity index (χ4n) is 5.62. The Kier molecular flexibility index (Phi) is 4.67. The normalized spacial score (nSPS) is 30.1. The molecule has 0 aliphatic carbocycles. The standard InChI is InChI=1S/C22H28N4O3/c27-19-6-5-18(20(28)24-19)26-13-16-11-15(3-4-17(16)21(26)29)12-25-10-2-8-22(25)7-1-9-23-14-22/h3-4,11,18,23H,1-2,5-10,12-14H2,(H,24,27,28). The second kappa shape index (κ2) is 7.22. The van der Waals surface area contributed by atoms with E-state index in [0.29, 0.717) is 18.5 Å². The number of carbonyl (C=O) groups excluding carboxylic acids is 3. The molecule has 0 aromatic heterocycles. The smallest absolute Gasteiger partial charge is 0.255 e. The Morgan fingerprint density at radius 3 is 2.79 bits per heavy atom. The van der Waals surface area contributed by atoms with Crippen molar-refractivity contribution in [2.75, 3.05) is 19.6 Å². The van der Waals surface area contributed by atoms with Crippen molar-refractivity contribution in [3.8, 4) is 0 Å². The summed E-state index contributed by atoms with van der Waals surface area (Å²) >= 11 is 0. The van der Waals surface area contributed by atoms with Gasteiger partial charge in [0.05, 0.1) is 0 Å². The van der Waals surface area contributed by atoms with Gasteiger partial charge in [-0.05, 0) is 62.4 Å². The zero-order valence-electron chi connectivity index (χ0n) is 16.7. The van der Waals surface area contributed by atoms with E-state index in [1.807, 2.05) is 6.07 Å². The minimum absolute atomic E-state index is 0.102. The highest BCUT2D eigenvalue weighted by Crippen LogP contribution is 2.36. The maximum atomic E-state index is 12.9. The van der Waals surface area contributed by atoms with E-state index in [0.717, 1.165) is 31.7 Å². The number of imide groups is 1. The second-order valence-corrected chi connectivity index (χ2v) is 8.92. The van der Waals surface area contributed by atoms with Gasteiger partial charge in [0, 0.05) is 37.2 Å². The monoisotopic (exact) mass is 396 g/mol. The van der Waals surface area contributed by atoms with Gasteiger partial charge in [-0.15, -0.1) is 0 Å². The van der Waals surface area contributed by atoms with Crippen molar-refractivity contribution in [1.29, 1.82) is 0 Å². The number of hydrogen-bond acceptors (Lipinski definition) is 5. The van der Waals surface area contributed by atoms with Crippen LogP contribution in [-0.2, 0) is 22.7 Å². The summed E-state index contributed by atoms with van der Waals surface area (Å²) in [6.07, 6.45) is 5.68. The number of nitrogens with zero attached hydrogens (tertiary/aromatic N) is 2. The Balaban J connectivity index is 1.32. The molecule has 154 valence electrons. The first-order valence-corrected chi connectivity index (χ1v) is 10.8. The lowest BCUT2D eigenvalue weighted by atomic mass is 9.87. The van der Waals surface area contributed by atoms with Crippen molar-refractivity contribution in [1.82, 2.24) is 20.4 Å². The molecule has 2 atom stereocenters. The molecule has 4 aliphatic heterocycles. The van der Waals surface area contributed by atoms with Gasteiger partial charge in [0.2, 0.25) is 11.8 Å². The van der Waals surface area contributed by atoms with Crippen molar-refractivity contribution < 1.29 is 14.4 Å². The van der Waals surface area contributed by atoms with Crippen LogP contribution in [0, 0.1) is 0 Å². The maximum Gasteiger partial charge on any atom is 0.255 e. The summed E-state index contributed by atoms with van der Waals surface area (Å²) < 4.78 is 0. The molecule has 4 heterocycles. The summed E-state index contributed by atoms with van der Waals surface area (Å²) in [6.45, 7) is 4.66. The minimum Gasteiger partial charge on any atom is -0.322 e. The zero-order valence-corrected chi connectivity index (χ0v) is 16.7. The molecule has 5 rings (SSSR count). The van der Waals surface area contributed by atoms with Gasteiger partial charge in [0.25, 0.3) is 5.91 Å². The van der Waals surface area contributed by atoms with E-state index in [2.05, 4.69) is 27.7 Å². The summed E-state index contributed by atoms with van der Waals surface area (Å²) in [7, 11) is 0. The fourth-order valence-corrected chi connectivity index (χ4v) is 5.62. The van der Waals surface area contributed by atoms with Gasteiger partial charge < -0.3 is 10.2 Å². The molecule has 4 aliphatic rings. The van der Waals surface area contributed by atoms with Crippen molar-refractivity contribution in [2.24, 2.45) is 0 Å². The van der Waals surface area contributed by atoms with Gasteiger partial charge >= 0.3 is 0 Å². The summed E-state index contributed by atoms with van der Waals surface area (Å²) in [4.78, 5) is 40.8. The van der Waals surface area contributed by atoms with Crippen molar-refractivity contribution in [3.63, 3.8) is 0 Å². The Bertz CT molecular complexity index is 862. The molecule has 0 saturated carbocycles. The van der Waals surface area contributed by atoms with Crippen LogP contribution in [0.2, 0.25) is 0 Å². The van der Waals surface area contributed by atoms with Crippen molar-refractivity contribution in [3.05, 3.63) is 34.9 Å². The van der Waals surface area contributed by atoms with Crippen LogP contribution in [-0.4, -0.2) is 58.7 Å². The number of piperidine rings is 2. The Morgan fingerprint density at radius 2 is 2.00 bits per heavy atom. The average molecular weight is 396 g/mol. The number of hydrogen-bond donors (Lipinski definition) is 2. The summed E-state index contributed by atoms with van der Waals surface area (Å²) in [5.74, 6) is -0.712. The Morgan fingerprint density at radius 1 is 1.14 bits per heavy atom. The summed E-state index contributed by atoms with van der Waals surface area (Å²) in [5, 5.41) is 5.94. The van der Waals surface area contributed by atoms with Crippen LogP contribution in [0.3, 0.4) is 0 Å². The van der Waals surface area contributed by atoms with Crippen LogP contribution in [0.1, 0.15) is 60.0 Å². The van der Waals surface area contributed by atoms with E-state index in [1.165, 1.54) is 31.2 Å². The van der Waals surface area contributed by atoms with E-state index in [4.69, 9.17) is 0 Å². The van der Waals surface area contributed by atoms with Gasteiger partial charge in [-0.1, -0.05) is 12.1 Å². The molecule has 29 heavy (non-hydrogen) atoms. The predicted molar refractivity (Wildman–Crippen MR) is 107 cm³/mol. The van der Waals surface area contributed by atoms with Gasteiger partial charge in [-0.25, -0.2) is 0 Å². The molecule has 7 heteroatoms. The lowest BCUT2D eigenvalue weighted by Crippen LogP contribution is -2.53. The third-order valence-corrected chi connectivity index (χ3v) is 7.15. The van der Waals surface area contributed by atoms with Crippen LogP contribution in [0.5, 0.6) is 0 Å². The highest BCUT2D eigenvalue weighted by molar-refractivity contribution is 6.05. The average Bonchev–Trinajstić information content (AvgIpc) is 3.23. The van der Waals surface area contributed by atoms with Crippen LogP contribution in [0.15, 0.2) is 18.2 Å². The second-order valence-electron chi connectivity index (χ2n) is 8.92. The molecule has 7 nitrogen and oxygen atoms in total. The van der Waals surface area contributed by atoms with E-state index in [9.17, 15) is 14.4 Å². The number of carbonyl (C=O) groups is 3. The maximum absolute atomic E-state index is 12.9. The fraction of sp³-hybridized carbons (Fsp3) is 0.591. The minimum atomic E-state index is -0.550. The number of fused-ring (bicyclic) bond motifs is 1. The summed E-state index contributed by atoms with van der Waals surface area (Å²) in [5.41, 5.74) is 3.20. The van der Waals surface area contributed by atoms with Crippen LogP contribution in [0.4, 0.5) is 0 Å². The predicted octanol–water partition coefficient (Wildman–Crippen LogP) is 1.17. The number of likely N-dealkylation sites (tertiary alicyclic amines) is 1. The molecule has 0 radical (unpaired) electrons. The summed E-state index contributed by atoms with van der Waals surface area (Å²) in [6, 6.07) is 5.57. The van der Waals surface area contributed by atoms with Crippen LogP contribution in [0.25, 0.3) is 0 Å². The Hall–Kier alpha value is -2.25. The molecular weight excluding hydrogens is 368 g/mol. The number of nitrogens with one attached hydrogen (secondary N) is 2.